The molecule has 0 bridgehead atoms. The van der Waals surface area contributed by atoms with Gasteiger partial charge in [0.05, 0.1) is 0 Å². The second-order valence-corrected chi connectivity index (χ2v) is 6.42. The largest absolute Gasteiger partial charge is 0.475 e. The van der Waals surface area contributed by atoms with Crippen molar-refractivity contribution in [1.29, 1.82) is 0 Å². The van der Waals surface area contributed by atoms with Gasteiger partial charge >= 0.3 is 5.97 Å². The average Bonchev–Trinajstić information content (AvgIpc) is 3.17. The average molecular weight is 367 g/mol. The molecule has 0 saturated heterocycles. The number of hydrogen-bond acceptors (Lipinski definition) is 4. The zero-order valence-electron chi connectivity index (χ0n) is 14.9. The van der Waals surface area contributed by atoms with Gasteiger partial charge in [0.1, 0.15) is 6.26 Å². The van der Waals surface area contributed by atoms with E-state index < -0.39 is 23.6 Å². The minimum atomic E-state index is -1.39. The minimum absolute atomic E-state index is 0.208. The number of ether oxygens (including phenoxy) is 2. The quantitative estimate of drug-likeness (QED) is 0.783. The van der Waals surface area contributed by atoms with Crippen LogP contribution in [-0.2, 0) is 37.3 Å². The molecule has 0 radical (unpaired) electrons. The predicted molar refractivity (Wildman–Crippen MR) is 98.5 cm³/mol. The molecule has 2 aromatic rings. The second-order valence-electron chi connectivity index (χ2n) is 6.42. The first-order valence-electron chi connectivity index (χ1n) is 8.66. The molecular formula is C21H21NO5. The van der Waals surface area contributed by atoms with Crippen LogP contribution in [0.15, 0.2) is 66.6 Å². The van der Waals surface area contributed by atoms with E-state index in [0.29, 0.717) is 5.56 Å². The molecule has 0 spiro atoms. The molecule has 3 rings (SSSR count). The summed E-state index contributed by atoms with van der Waals surface area (Å²) in [6, 6.07) is 16.8. The Morgan fingerprint density at radius 2 is 1.74 bits per heavy atom. The maximum atomic E-state index is 12.7. The summed E-state index contributed by atoms with van der Waals surface area (Å²) in [4.78, 5) is 24.0. The van der Waals surface area contributed by atoms with Crippen molar-refractivity contribution >= 4 is 11.9 Å². The highest BCUT2D eigenvalue weighted by atomic mass is 16.7. The van der Waals surface area contributed by atoms with Crippen LogP contribution in [0, 0.1) is 0 Å². The molecule has 1 aliphatic heterocycles. The molecule has 2 unspecified atom stereocenters. The maximum Gasteiger partial charge on any atom is 0.374 e. The summed E-state index contributed by atoms with van der Waals surface area (Å²) in [6.45, 7) is 2.03. The zero-order chi connectivity index (χ0) is 19.4. The van der Waals surface area contributed by atoms with E-state index in [1.165, 1.54) is 0 Å². The fourth-order valence-electron chi connectivity index (χ4n) is 3.23. The van der Waals surface area contributed by atoms with Gasteiger partial charge in [0.25, 0.3) is 6.29 Å². The first-order valence-corrected chi connectivity index (χ1v) is 8.66. The first-order chi connectivity index (χ1) is 13.0. The van der Waals surface area contributed by atoms with E-state index in [9.17, 15) is 14.7 Å². The van der Waals surface area contributed by atoms with Crippen LogP contribution in [0.2, 0.25) is 0 Å². The molecule has 1 aliphatic rings. The van der Waals surface area contributed by atoms with Crippen molar-refractivity contribution in [3.63, 3.8) is 0 Å². The summed E-state index contributed by atoms with van der Waals surface area (Å²) in [7, 11) is 0. The van der Waals surface area contributed by atoms with Crippen LogP contribution in [0.5, 0.6) is 0 Å². The van der Waals surface area contributed by atoms with Crippen LogP contribution < -0.4 is 5.73 Å². The van der Waals surface area contributed by atoms with Crippen molar-refractivity contribution in [2.75, 3.05) is 0 Å². The molecule has 6 heteroatoms. The molecule has 3 N–H and O–H groups in total. The van der Waals surface area contributed by atoms with E-state index in [4.69, 9.17) is 15.2 Å². The molecule has 0 fully saturated rings. The molecule has 0 saturated carbocycles. The third kappa shape index (κ3) is 3.51. The fourth-order valence-corrected chi connectivity index (χ4v) is 3.23. The van der Waals surface area contributed by atoms with E-state index in [2.05, 4.69) is 0 Å². The van der Waals surface area contributed by atoms with Gasteiger partial charge < -0.3 is 20.3 Å². The standard InChI is InChI=1S/C21H21NO5/c1-2-14-8-10-16(11-9-14)21(19(22)25,12-15-6-4-3-5-7-15)20-26-13-17(27-20)18(23)24/h3-11,13,20H,2,12H2,1H3,(H2,22,25)(H,23,24). The molecule has 0 aliphatic carbocycles. The number of carboxylic acid groups (broad SMARTS) is 1. The van der Waals surface area contributed by atoms with Gasteiger partial charge in [-0.1, -0.05) is 61.5 Å². The highest BCUT2D eigenvalue weighted by Crippen LogP contribution is 2.38. The van der Waals surface area contributed by atoms with Gasteiger partial charge in [-0.15, -0.1) is 0 Å². The van der Waals surface area contributed by atoms with E-state index in [1.807, 2.05) is 61.5 Å². The molecule has 6 nitrogen and oxygen atoms in total. The van der Waals surface area contributed by atoms with Crippen LogP contribution in [-0.4, -0.2) is 23.3 Å². The van der Waals surface area contributed by atoms with Gasteiger partial charge in [0.2, 0.25) is 11.7 Å². The number of carbonyl (C=O) groups excluding carboxylic acids is 1. The molecule has 2 atom stereocenters. The van der Waals surface area contributed by atoms with Crippen molar-refractivity contribution in [2.24, 2.45) is 5.73 Å². The Kier molecular flexibility index (Phi) is 5.16. The molecule has 2 aromatic carbocycles. The summed E-state index contributed by atoms with van der Waals surface area (Å²) >= 11 is 0. The molecule has 0 aromatic heterocycles. The summed E-state index contributed by atoms with van der Waals surface area (Å²) in [5, 5.41) is 9.17. The lowest BCUT2D eigenvalue weighted by Gasteiger charge is -2.35. The highest BCUT2D eigenvalue weighted by Gasteiger charge is 2.52. The second kappa shape index (κ2) is 7.53. The van der Waals surface area contributed by atoms with Gasteiger partial charge in [0, 0.05) is 0 Å². The molecule has 140 valence electrons. The topological polar surface area (TPSA) is 98.9 Å². The molecule has 1 amide bonds. The normalized spacial score (nSPS) is 18.0. The lowest BCUT2D eigenvalue weighted by molar-refractivity contribution is -0.151. The smallest absolute Gasteiger partial charge is 0.374 e. The SMILES string of the molecule is CCc1ccc(C(Cc2ccccc2)(C(N)=O)C2OC=C(C(=O)O)O2)cc1. The molecule has 1 heterocycles. The van der Waals surface area contributed by atoms with Crippen LogP contribution in [0.25, 0.3) is 0 Å². The number of aliphatic carboxylic acids is 1. The van der Waals surface area contributed by atoms with E-state index >= 15 is 0 Å². The number of benzene rings is 2. The van der Waals surface area contributed by atoms with E-state index in [-0.39, 0.29) is 12.2 Å². The zero-order valence-corrected chi connectivity index (χ0v) is 14.9. The van der Waals surface area contributed by atoms with E-state index in [0.717, 1.165) is 23.8 Å². The number of primary amides is 1. The molecular weight excluding hydrogens is 346 g/mol. The minimum Gasteiger partial charge on any atom is -0.475 e. The lowest BCUT2D eigenvalue weighted by Crippen LogP contribution is -2.52. The van der Waals surface area contributed by atoms with Crippen molar-refractivity contribution in [3.05, 3.63) is 83.3 Å². The Bertz CT molecular complexity index is 860. The van der Waals surface area contributed by atoms with Crippen LogP contribution in [0.4, 0.5) is 0 Å². The summed E-state index contributed by atoms with van der Waals surface area (Å²) < 4.78 is 10.9. The number of carboxylic acids is 1. The number of nitrogens with two attached hydrogens (primary N) is 1. The van der Waals surface area contributed by atoms with Crippen molar-refractivity contribution in [3.8, 4) is 0 Å². The number of rotatable bonds is 7. The fraction of sp³-hybridized carbons (Fsp3) is 0.238. The van der Waals surface area contributed by atoms with Crippen LogP contribution >= 0.6 is 0 Å². The van der Waals surface area contributed by atoms with Gasteiger partial charge in [0.15, 0.2) is 5.41 Å². The number of hydrogen-bond donors (Lipinski definition) is 2. The van der Waals surface area contributed by atoms with Crippen LogP contribution in [0.3, 0.4) is 0 Å². The number of aryl methyl sites for hydroxylation is 1. The third-order valence-electron chi connectivity index (χ3n) is 4.79. The maximum absolute atomic E-state index is 12.7. The van der Waals surface area contributed by atoms with E-state index in [1.54, 1.807) is 0 Å². The van der Waals surface area contributed by atoms with Gasteiger partial charge in [-0.2, -0.15) is 0 Å². The Balaban J connectivity index is 2.08. The van der Waals surface area contributed by atoms with Gasteiger partial charge in [-0.25, -0.2) is 4.79 Å². The Morgan fingerprint density at radius 1 is 1.07 bits per heavy atom. The summed E-state index contributed by atoms with van der Waals surface area (Å²) in [5.74, 6) is -2.28. The van der Waals surface area contributed by atoms with Crippen molar-refractivity contribution in [2.45, 2.75) is 31.5 Å². The van der Waals surface area contributed by atoms with Gasteiger partial charge in [-0.05, 0) is 29.5 Å². The predicted octanol–water partition coefficient (Wildman–Crippen LogP) is 2.51. The lowest BCUT2D eigenvalue weighted by atomic mass is 9.73. The van der Waals surface area contributed by atoms with Crippen molar-refractivity contribution < 1.29 is 24.2 Å². The Morgan fingerprint density at radius 3 is 2.26 bits per heavy atom. The number of carbonyl (C=O) groups is 2. The van der Waals surface area contributed by atoms with Crippen molar-refractivity contribution in [1.82, 2.24) is 0 Å². The summed E-state index contributed by atoms with van der Waals surface area (Å²) in [6.07, 6.45) is 0.897. The van der Waals surface area contributed by atoms with Crippen LogP contribution in [0.1, 0.15) is 23.6 Å². The summed E-state index contributed by atoms with van der Waals surface area (Å²) in [5.41, 5.74) is 7.04. The first kappa shape index (κ1) is 18.5. The Hall–Kier alpha value is -3.28. The monoisotopic (exact) mass is 367 g/mol. The van der Waals surface area contributed by atoms with Gasteiger partial charge in [-0.3, -0.25) is 4.79 Å². The third-order valence-corrected chi connectivity index (χ3v) is 4.79. The Labute approximate surface area is 157 Å². The molecule has 27 heavy (non-hydrogen) atoms. The highest BCUT2D eigenvalue weighted by molar-refractivity contribution is 5.89. The number of amides is 1.